The summed E-state index contributed by atoms with van der Waals surface area (Å²) in [4.78, 5) is 0. The van der Waals surface area contributed by atoms with Crippen molar-refractivity contribution >= 4 is 27.5 Å². The van der Waals surface area contributed by atoms with E-state index in [2.05, 4.69) is 36.7 Å². The summed E-state index contributed by atoms with van der Waals surface area (Å²) in [6, 6.07) is 5.75. The van der Waals surface area contributed by atoms with Crippen molar-refractivity contribution in [3.05, 3.63) is 28.8 Å². The molecule has 1 rings (SSSR count). The van der Waals surface area contributed by atoms with E-state index in [0.29, 0.717) is 12.5 Å². The number of aryl methyl sites for hydroxylation is 1. The van der Waals surface area contributed by atoms with Gasteiger partial charge in [0.1, 0.15) is 5.75 Å². The fourth-order valence-electron chi connectivity index (χ4n) is 1.45. The van der Waals surface area contributed by atoms with Crippen LogP contribution in [0.25, 0.3) is 0 Å². The molecule has 0 aromatic heterocycles. The molecule has 0 saturated carbocycles. The number of halogens is 2. The van der Waals surface area contributed by atoms with Crippen molar-refractivity contribution in [2.75, 3.05) is 11.9 Å². The minimum atomic E-state index is 0.232. The summed E-state index contributed by atoms with van der Waals surface area (Å²) in [5, 5.41) is 1.66. The summed E-state index contributed by atoms with van der Waals surface area (Å²) < 4.78 is 5.88. The van der Waals surface area contributed by atoms with E-state index in [9.17, 15) is 0 Å². The van der Waals surface area contributed by atoms with Gasteiger partial charge in [0.2, 0.25) is 0 Å². The molecule has 0 amide bonds. The summed E-state index contributed by atoms with van der Waals surface area (Å²) in [5.41, 5.74) is 1.35. The Balaban J connectivity index is 2.69. The van der Waals surface area contributed by atoms with E-state index in [1.54, 1.807) is 0 Å². The molecule has 0 heterocycles. The van der Waals surface area contributed by atoms with Crippen LogP contribution in [0.4, 0.5) is 0 Å². The lowest BCUT2D eigenvalue weighted by molar-refractivity contribution is 0.165. The average Bonchev–Trinajstić information content (AvgIpc) is 2.22. The molecule has 1 unspecified atom stereocenters. The molecular weight excluding hydrogens is 300 g/mol. The quantitative estimate of drug-likeness (QED) is 0.703. The van der Waals surface area contributed by atoms with Gasteiger partial charge < -0.3 is 4.74 Å². The molecule has 0 aliphatic heterocycles. The highest BCUT2D eigenvalue weighted by Gasteiger charge is 2.24. The third-order valence-corrected chi connectivity index (χ3v) is 4.02. The summed E-state index contributed by atoms with van der Waals surface area (Å²) in [5.74, 6) is 1.36. The predicted octanol–water partition coefficient (Wildman–Crippen LogP) is 5.08. The topological polar surface area (TPSA) is 9.23 Å². The van der Waals surface area contributed by atoms with Crippen molar-refractivity contribution in [3.63, 3.8) is 0 Å². The summed E-state index contributed by atoms with van der Waals surface area (Å²) in [7, 11) is 0. The monoisotopic (exact) mass is 318 g/mol. The maximum atomic E-state index is 5.97. The standard InChI is InChI=1S/C14H20BrClO/c1-10-5-6-12(16)7-13(10)17-9-11(8-15)14(2,3)4/h5-7,11H,8-9H2,1-4H3. The van der Waals surface area contributed by atoms with Gasteiger partial charge in [-0.15, -0.1) is 0 Å². The van der Waals surface area contributed by atoms with Crippen molar-refractivity contribution in [2.24, 2.45) is 11.3 Å². The molecule has 3 heteroatoms. The molecule has 0 fully saturated rings. The van der Waals surface area contributed by atoms with Gasteiger partial charge in [0.15, 0.2) is 0 Å². The van der Waals surface area contributed by atoms with Gasteiger partial charge >= 0.3 is 0 Å². The fraction of sp³-hybridized carbons (Fsp3) is 0.571. The normalized spacial score (nSPS) is 13.5. The highest BCUT2D eigenvalue weighted by atomic mass is 79.9. The van der Waals surface area contributed by atoms with E-state index >= 15 is 0 Å². The number of benzene rings is 1. The number of rotatable bonds is 4. The van der Waals surface area contributed by atoms with Gasteiger partial charge in [-0.2, -0.15) is 0 Å². The van der Waals surface area contributed by atoms with Crippen LogP contribution in [0.2, 0.25) is 5.02 Å². The Morgan fingerprint density at radius 2 is 2.00 bits per heavy atom. The van der Waals surface area contributed by atoms with Crippen molar-refractivity contribution in [2.45, 2.75) is 27.7 Å². The zero-order valence-electron chi connectivity index (χ0n) is 10.9. The van der Waals surface area contributed by atoms with Gasteiger partial charge in [0.25, 0.3) is 0 Å². The van der Waals surface area contributed by atoms with E-state index in [4.69, 9.17) is 16.3 Å². The lowest BCUT2D eigenvalue weighted by Gasteiger charge is -2.29. The first-order chi connectivity index (χ1) is 7.84. The van der Waals surface area contributed by atoms with Crippen LogP contribution in [0.3, 0.4) is 0 Å². The Morgan fingerprint density at radius 3 is 2.53 bits per heavy atom. The predicted molar refractivity (Wildman–Crippen MR) is 78.4 cm³/mol. The van der Waals surface area contributed by atoms with Crippen molar-refractivity contribution in [1.29, 1.82) is 0 Å². The van der Waals surface area contributed by atoms with E-state index in [-0.39, 0.29) is 5.41 Å². The van der Waals surface area contributed by atoms with Crippen molar-refractivity contribution in [3.8, 4) is 5.75 Å². The van der Waals surface area contributed by atoms with Gasteiger partial charge in [-0.05, 0) is 30.0 Å². The molecule has 1 atom stereocenters. The second-order valence-electron chi connectivity index (χ2n) is 5.44. The minimum absolute atomic E-state index is 0.232. The molecule has 0 bridgehead atoms. The summed E-state index contributed by atoms with van der Waals surface area (Å²) in [6.07, 6.45) is 0. The van der Waals surface area contributed by atoms with Crippen LogP contribution in [-0.2, 0) is 0 Å². The van der Waals surface area contributed by atoms with Gasteiger partial charge in [0, 0.05) is 16.3 Å². The number of alkyl halides is 1. The molecule has 0 saturated heterocycles. The molecule has 0 spiro atoms. The molecule has 0 aliphatic carbocycles. The molecule has 0 aliphatic rings. The van der Waals surface area contributed by atoms with E-state index < -0.39 is 0 Å². The summed E-state index contributed by atoms with van der Waals surface area (Å²) in [6.45, 7) is 9.43. The van der Waals surface area contributed by atoms with Crippen LogP contribution in [0, 0.1) is 18.3 Å². The van der Waals surface area contributed by atoms with Gasteiger partial charge in [-0.3, -0.25) is 0 Å². The summed E-state index contributed by atoms with van der Waals surface area (Å²) >= 11 is 9.52. The van der Waals surface area contributed by atoms with Gasteiger partial charge in [-0.25, -0.2) is 0 Å². The zero-order chi connectivity index (χ0) is 13.1. The highest BCUT2D eigenvalue weighted by Crippen LogP contribution is 2.29. The number of hydrogen-bond donors (Lipinski definition) is 0. The number of hydrogen-bond acceptors (Lipinski definition) is 1. The van der Waals surface area contributed by atoms with E-state index in [1.165, 1.54) is 0 Å². The van der Waals surface area contributed by atoms with Gasteiger partial charge in [0.05, 0.1) is 6.61 Å². The Labute approximate surface area is 118 Å². The van der Waals surface area contributed by atoms with Crippen LogP contribution in [0.5, 0.6) is 5.75 Å². The van der Waals surface area contributed by atoms with Crippen LogP contribution in [0.15, 0.2) is 18.2 Å². The SMILES string of the molecule is Cc1ccc(Cl)cc1OCC(CBr)C(C)(C)C. The molecular formula is C14H20BrClO. The molecule has 0 N–H and O–H groups in total. The maximum Gasteiger partial charge on any atom is 0.123 e. The zero-order valence-corrected chi connectivity index (χ0v) is 13.2. The lowest BCUT2D eigenvalue weighted by Crippen LogP contribution is -2.28. The van der Waals surface area contributed by atoms with Crippen LogP contribution >= 0.6 is 27.5 Å². The van der Waals surface area contributed by atoms with Crippen LogP contribution < -0.4 is 4.74 Å². The molecule has 1 nitrogen and oxygen atoms in total. The second kappa shape index (κ2) is 6.10. The van der Waals surface area contributed by atoms with Gasteiger partial charge in [-0.1, -0.05) is 54.4 Å². The van der Waals surface area contributed by atoms with Crippen LogP contribution in [-0.4, -0.2) is 11.9 Å². The fourth-order valence-corrected chi connectivity index (χ4v) is 2.77. The molecule has 0 radical (unpaired) electrons. The Kier molecular flexibility index (Phi) is 5.33. The first kappa shape index (κ1) is 14.8. The Hall–Kier alpha value is -0.210. The molecule has 1 aromatic carbocycles. The Bertz CT molecular complexity index is 371. The minimum Gasteiger partial charge on any atom is -0.493 e. The van der Waals surface area contributed by atoms with Crippen molar-refractivity contribution < 1.29 is 4.74 Å². The third-order valence-electron chi connectivity index (χ3n) is 3.00. The smallest absolute Gasteiger partial charge is 0.123 e. The molecule has 1 aromatic rings. The lowest BCUT2D eigenvalue weighted by atomic mass is 9.83. The second-order valence-corrected chi connectivity index (χ2v) is 6.52. The van der Waals surface area contributed by atoms with Crippen molar-refractivity contribution in [1.82, 2.24) is 0 Å². The maximum absolute atomic E-state index is 5.97. The van der Waals surface area contributed by atoms with E-state index in [0.717, 1.165) is 21.7 Å². The average molecular weight is 320 g/mol. The molecule has 17 heavy (non-hydrogen) atoms. The third kappa shape index (κ3) is 4.51. The van der Waals surface area contributed by atoms with Crippen LogP contribution in [0.1, 0.15) is 26.3 Å². The largest absolute Gasteiger partial charge is 0.493 e. The number of ether oxygens (including phenoxy) is 1. The van der Waals surface area contributed by atoms with E-state index in [1.807, 2.05) is 25.1 Å². The highest BCUT2D eigenvalue weighted by molar-refractivity contribution is 9.09. The first-order valence-corrected chi connectivity index (χ1v) is 7.29. The Morgan fingerprint density at radius 1 is 1.35 bits per heavy atom. The first-order valence-electron chi connectivity index (χ1n) is 5.79. The molecule has 96 valence electrons.